The van der Waals surface area contributed by atoms with Crippen LogP contribution in [-0.2, 0) is 0 Å². The van der Waals surface area contributed by atoms with Gasteiger partial charge in [-0.25, -0.2) is 4.39 Å². The zero-order valence-corrected chi connectivity index (χ0v) is 9.05. The average Bonchev–Trinajstić information content (AvgIpc) is 2.16. The normalized spacial score (nSPS) is 10.3. The molecular formula is C13H10ClF. The Labute approximate surface area is 93.3 Å². The van der Waals surface area contributed by atoms with E-state index < -0.39 is 0 Å². The molecule has 2 aromatic rings. The number of benzene rings is 2. The molecule has 15 heavy (non-hydrogen) atoms. The predicted octanol–water partition coefficient (Wildman–Crippen LogP) is 4.45. The summed E-state index contributed by atoms with van der Waals surface area (Å²) in [4.78, 5) is 0. The van der Waals surface area contributed by atoms with Gasteiger partial charge >= 0.3 is 0 Å². The van der Waals surface area contributed by atoms with E-state index in [1.807, 2.05) is 31.2 Å². The summed E-state index contributed by atoms with van der Waals surface area (Å²) in [6, 6.07) is 12.4. The van der Waals surface area contributed by atoms with Gasteiger partial charge in [0.1, 0.15) is 5.82 Å². The Bertz CT molecular complexity index is 471. The molecule has 0 radical (unpaired) electrons. The molecule has 0 N–H and O–H groups in total. The summed E-state index contributed by atoms with van der Waals surface area (Å²) in [7, 11) is 0. The summed E-state index contributed by atoms with van der Waals surface area (Å²) >= 11 is 5.81. The highest BCUT2D eigenvalue weighted by molar-refractivity contribution is 6.30. The second kappa shape index (κ2) is 4.03. The van der Waals surface area contributed by atoms with Crippen molar-refractivity contribution in [2.45, 2.75) is 6.92 Å². The maximum Gasteiger partial charge on any atom is 0.125 e. The molecule has 2 rings (SSSR count). The van der Waals surface area contributed by atoms with Crippen LogP contribution in [0.25, 0.3) is 11.1 Å². The molecule has 0 amide bonds. The van der Waals surface area contributed by atoms with Crippen molar-refractivity contribution in [3.63, 3.8) is 0 Å². The monoisotopic (exact) mass is 220 g/mol. The predicted molar refractivity (Wildman–Crippen MR) is 61.6 cm³/mol. The van der Waals surface area contributed by atoms with E-state index in [1.165, 1.54) is 12.1 Å². The maximum absolute atomic E-state index is 13.2. The van der Waals surface area contributed by atoms with E-state index >= 15 is 0 Å². The van der Waals surface area contributed by atoms with E-state index in [0.29, 0.717) is 5.02 Å². The number of halogens is 2. The van der Waals surface area contributed by atoms with Crippen LogP contribution in [0.3, 0.4) is 0 Å². The summed E-state index contributed by atoms with van der Waals surface area (Å²) in [5, 5.41) is 0.424. The zero-order chi connectivity index (χ0) is 10.8. The molecule has 0 atom stereocenters. The minimum absolute atomic E-state index is 0.305. The minimum Gasteiger partial charge on any atom is -0.207 e. The van der Waals surface area contributed by atoms with Crippen LogP contribution in [0, 0.1) is 12.7 Å². The molecule has 0 aliphatic heterocycles. The van der Waals surface area contributed by atoms with Crippen LogP contribution in [-0.4, -0.2) is 0 Å². The molecule has 0 heterocycles. The quantitative estimate of drug-likeness (QED) is 0.666. The fraction of sp³-hybridized carbons (Fsp3) is 0.0769. The van der Waals surface area contributed by atoms with Crippen LogP contribution in [0.5, 0.6) is 0 Å². The molecule has 0 spiro atoms. The molecule has 2 heteroatoms. The highest BCUT2D eigenvalue weighted by atomic mass is 35.5. The highest BCUT2D eigenvalue weighted by Gasteiger charge is 2.03. The third-order valence-electron chi connectivity index (χ3n) is 2.32. The summed E-state index contributed by atoms with van der Waals surface area (Å²) < 4.78 is 13.2. The third-order valence-corrected chi connectivity index (χ3v) is 2.54. The number of aryl methyl sites for hydroxylation is 1. The number of hydrogen-bond acceptors (Lipinski definition) is 0. The smallest absolute Gasteiger partial charge is 0.125 e. The van der Waals surface area contributed by atoms with E-state index in [2.05, 4.69) is 0 Å². The standard InChI is InChI=1S/C13H10ClF/c1-9-4-2-3-5-13(9)10-6-11(14)8-12(15)7-10/h2-8H,1H3. The minimum atomic E-state index is -0.305. The second-order valence-corrected chi connectivity index (χ2v) is 3.91. The van der Waals surface area contributed by atoms with Crippen molar-refractivity contribution in [1.29, 1.82) is 0 Å². The van der Waals surface area contributed by atoms with Gasteiger partial charge in [0.2, 0.25) is 0 Å². The first-order valence-electron chi connectivity index (χ1n) is 4.69. The lowest BCUT2D eigenvalue weighted by Gasteiger charge is -2.06. The topological polar surface area (TPSA) is 0 Å². The fourth-order valence-corrected chi connectivity index (χ4v) is 1.83. The first-order valence-corrected chi connectivity index (χ1v) is 5.07. The van der Waals surface area contributed by atoms with Crippen molar-refractivity contribution >= 4 is 11.6 Å². The van der Waals surface area contributed by atoms with E-state index in [4.69, 9.17) is 11.6 Å². The maximum atomic E-state index is 13.2. The van der Waals surface area contributed by atoms with Crippen molar-refractivity contribution in [2.24, 2.45) is 0 Å². The Morgan fingerprint density at radius 2 is 1.80 bits per heavy atom. The molecule has 0 saturated carbocycles. The molecule has 0 nitrogen and oxygen atoms in total. The molecular weight excluding hydrogens is 211 g/mol. The zero-order valence-electron chi connectivity index (χ0n) is 8.30. The van der Waals surface area contributed by atoms with Crippen molar-refractivity contribution in [3.8, 4) is 11.1 Å². The summed E-state index contributed by atoms with van der Waals surface area (Å²) in [6.07, 6.45) is 0. The molecule has 2 aromatic carbocycles. The Morgan fingerprint density at radius 1 is 1.07 bits per heavy atom. The lowest BCUT2D eigenvalue weighted by Crippen LogP contribution is -1.84. The van der Waals surface area contributed by atoms with Gasteiger partial charge in [0, 0.05) is 5.02 Å². The Balaban J connectivity index is 2.59. The SMILES string of the molecule is Cc1ccccc1-c1cc(F)cc(Cl)c1. The summed E-state index contributed by atoms with van der Waals surface area (Å²) in [6.45, 7) is 1.99. The molecule has 0 saturated heterocycles. The van der Waals surface area contributed by atoms with E-state index in [9.17, 15) is 4.39 Å². The Kier molecular flexibility index (Phi) is 2.74. The van der Waals surface area contributed by atoms with Crippen molar-refractivity contribution in [1.82, 2.24) is 0 Å². The molecule has 0 fully saturated rings. The third kappa shape index (κ3) is 2.18. The van der Waals surface area contributed by atoms with Crippen molar-refractivity contribution in [3.05, 3.63) is 58.9 Å². The highest BCUT2D eigenvalue weighted by Crippen LogP contribution is 2.26. The Hall–Kier alpha value is -1.34. The largest absolute Gasteiger partial charge is 0.207 e. The van der Waals surface area contributed by atoms with Gasteiger partial charge in [-0.15, -0.1) is 0 Å². The van der Waals surface area contributed by atoms with E-state index in [1.54, 1.807) is 6.07 Å². The second-order valence-electron chi connectivity index (χ2n) is 3.47. The summed E-state index contributed by atoms with van der Waals surface area (Å²) in [5.41, 5.74) is 2.94. The van der Waals surface area contributed by atoms with Gasteiger partial charge in [0.05, 0.1) is 0 Å². The van der Waals surface area contributed by atoms with Gasteiger partial charge < -0.3 is 0 Å². The molecule has 0 bridgehead atoms. The van der Waals surface area contributed by atoms with E-state index in [-0.39, 0.29) is 5.82 Å². The number of hydrogen-bond donors (Lipinski definition) is 0. The molecule has 0 aliphatic rings. The average molecular weight is 221 g/mol. The van der Waals surface area contributed by atoms with Crippen LogP contribution in [0.15, 0.2) is 42.5 Å². The van der Waals surface area contributed by atoms with Gasteiger partial charge in [-0.05, 0) is 41.8 Å². The van der Waals surface area contributed by atoms with Crippen LogP contribution in [0.2, 0.25) is 5.02 Å². The lowest BCUT2D eigenvalue weighted by atomic mass is 10.0. The first kappa shape index (κ1) is 10.2. The van der Waals surface area contributed by atoms with Crippen molar-refractivity contribution in [2.75, 3.05) is 0 Å². The van der Waals surface area contributed by atoms with Gasteiger partial charge in [-0.1, -0.05) is 35.9 Å². The van der Waals surface area contributed by atoms with E-state index in [0.717, 1.165) is 16.7 Å². The van der Waals surface area contributed by atoms with Gasteiger partial charge in [-0.2, -0.15) is 0 Å². The van der Waals surface area contributed by atoms with Crippen molar-refractivity contribution < 1.29 is 4.39 Å². The molecule has 0 aliphatic carbocycles. The van der Waals surface area contributed by atoms with Gasteiger partial charge in [0.15, 0.2) is 0 Å². The molecule has 0 aromatic heterocycles. The summed E-state index contributed by atoms with van der Waals surface area (Å²) in [5.74, 6) is -0.305. The van der Waals surface area contributed by atoms with Gasteiger partial charge in [0.25, 0.3) is 0 Å². The molecule has 0 unspecified atom stereocenters. The van der Waals surface area contributed by atoms with Crippen LogP contribution in [0.4, 0.5) is 4.39 Å². The fourth-order valence-electron chi connectivity index (χ4n) is 1.61. The van der Waals surface area contributed by atoms with Crippen LogP contribution < -0.4 is 0 Å². The number of rotatable bonds is 1. The first-order chi connectivity index (χ1) is 7.16. The molecule has 76 valence electrons. The Morgan fingerprint density at radius 3 is 2.47 bits per heavy atom. The van der Waals surface area contributed by atoms with Crippen LogP contribution >= 0.6 is 11.6 Å². The lowest BCUT2D eigenvalue weighted by molar-refractivity contribution is 0.628. The van der Waals surface area contributed by atoms with Gasteiger partial charge in [-0.3, -0.25) is 0 Å². The van der Waals surface area contributed by atoms with Crippen LogP contribution in [0.1, 0.15) is 5.56 Å².